The summed E-state index contributed by atoms with van der Waals surface area (Å²) >= 11 is 0. The monoisotopic (exact) mass is 498 g/mol. The molecule has 2 N–H and O–H groups in total. The van der Waals surface area contributed by atoms with Crippen LogP contribution in [0.4, 0.5) is 22.7 Å². The first-order chi connectivity index (χ1) is 16.7. The number of anilines is 3. The molecule has 0 aliphatic carbocycles. The van der Waals surface area contributed by atoms with Crippen molar-refractivity contribution < 1.29 is 22.9 Å². The van der Waals surface area contributed by atoms with Crippen molar-refractivity contribution in [3.05, 3.63) is 82.4 Å². The predicted molar refractivity (Wildman–Crippen MR) is 135 cm³/mol. The maximum absolute atomic E-state index is 12.8. The Labute approximate surface area is 203 Å². The second-order valence-electron chi connectivity index (χ2n) is 7.44. The average Bonchev–Trinajstić information content (AvgIpc) is 2.85. The highest BCUT2D eigenvalue weighted by atomic mass is 32.2. The van der Waals surface area contributed by atoms with E-state index in [1.807, 2.05) is 12.1 Å². The standard InChI is InChI=1S/C24H26N4O6S/c1-4-27(5-2)19-10-8-18(9-11-19)25-24(29)17-6-13-21(14-7-17)35(32,33)26-22-16-20(28(30)31)12-15-23(22)34-3/h6-16,26H,4-5H2,1-3H3,(H,25,29). The molecule has 1 amide bonds. The number of non-ortho nitro benzene ring substituents is 1. The molecule has 0 unspecified atom stereocenters. The number of benzene rings is 3. The first-order valence-corrected chi connectivity index (χ1v) is 12.3. The molecule has 0 aliphatic heterocycles. The number of nitrogens with zero attached hydrogens (tertiary/aromatic N) is 2. The normalized spacial score (nSPS) is 10.9. The zero-order valence-corrected chi connectivity index (χ0v) is 20.3. The van der Waals surface area contributed by atoms with Gasteiger partial charge in [0.05, 0.1) is 22.6 Å². The second-order valence-corrected chi connectivity index (χ2v) is 9.13. The summed E-state index contributed by atoms with van der Waals surface area (Å²) in [6.07, 6.45) is 0. The summed E-state index contributed by atoms with van der Waals surface area (Å²) in [7, 11) is -2.77. The second kappa shape index (κ2) is 10.9. The number of hydrogen-bond donors (Lipinski definition) is 2. The van der Waals surface area contributed by atoms with Gasteiger partial charge in [-0.1, -0.05) is 0 Å². The molecule has 0 fully saturated rings. The molecule has 0 heterocycles. The Kier molecular flexibility index (Phi) is 7.92. The first-order valence-electron chi connectivity index (χ1n) is 10.8. The fourth-order valence-electron chi connectivity index (χ4n) is 3.43. The Hall–Kier alpha value is -4.12. The minimum absolute atomic E-state index is 0.0725. The van der Waals surface area contributed by atoms with Gasteiger partial charge in [-0.3, -0.25) is 19.6 Å². The number of methoxy groups -OCH3 is 1. The predicted octanol–water partition coefficient (Wildman–Crippen LogP) is 4.50. The molecule has 0 saturated carbocycles. The number of carbonyl (C=O) groups excluding carboxylic acids is 1. The number of sulfonamides is 1. The zero-order chi connectivity index (χ0) is 25.6. The summed E-state index contributed by atoms with van der Waals surface area (Å²) < 4.78 is 33.0. The van der Waals surface area contributed by atoms with Gasteiger partial charge >= 0.3 is 0 Å². The van der Waals surface area contributed by atoms with Gasteiger partial charge in [-0.25, -0.2) is 8.42 Å². The molecule has 0 radical (unpaired) electrons. The van der Waals surface area contributed by atoms with Gasteiger partial charge in [0, 0.05) is 42.2 Å². The topological polar surface area (TPSA) is 131 Å². The first kappa shape index (κ1) is 25.5. The van der Waals surface area contributed by atoms with E-state index < -0.39 is 20.9 Å². The van der Waals surface area contributed by atoms with Gasteiger partial charge in [0.2, 0.25) is 0 Å². The van der Waals surface area contributed by atoms with Crippen molar-refractivity contribution in [3.8, 4) is 5.75 Å². The van der Waals surface area contributed by atoms with E-state index in [-0.39, 0.29) is 27.6 Å². The number of nitrogens with one attached hydrogen (secondary N) is 2. The molecule has 35 heavy (non-hydrogen) atoms. The maximum atomic E-state index is 12.8. The number of ether oxygens (including phenoxy) is 1. The fraction of sp³-hybridized carbons (Fsp3) is 0.208. The Morgan fingerprint density at radius 3 is 2.17 bits per heavy atom. The molecule has 11 heteroatoms. The molecule has 10 nitrogen and oxygen atoms in total. The number of nitro groups is 1. The number of amides is 1. The SMILES string of the molecule is CCN(CC)c1ccc(NC(=O)c2ccc(S(=O)(=O)Nc3cc([N+](=O)[O-])ccc3OC)cc2)cc1. The van der Waals surface area contributed by atoms with Gasteiger partial charge in [0.15, 0.2) is 0 Å². The van der Waals surface area contributed by atoms with Crippen LogP contribution in [-0.2, 0) is 10.0 Å². The van der Waals surface area contributed by atoms with E-state index in [4.69, 9.17) is 4.74 Å². The average molecular weight is 499 g/mol. The highest BCUT2D eigenvalue weighted by Gasteiger charge is 2.20. The maximum Gasteiger partial charge on any atom is 0.271 e. The van der Waals surface area contributed by atoms with Crippen molar-refractivity contribution in [2.45, 2.75) is 18.7 Å². The molecule has 0 aromatic heterocycles. The van der Waals surface area contributed by atoms with Crippen LogP contribution in [0.15, 0.2) is 71.6 Å². The summed E-state index contributed by atoms with van der Waals surface area (Å²) in [6.45, 7) is 5.89. The summed E-state index contributed by atoms with van der Waals surface area (Å²) in [5.41, 5.74) is 1.57. The Bertz CT molecular complexity index is 1300. The highest BCUT2D eigenvalue weighted by Crippen LogP contribution is 2.31. The van der Waals surface area contributed by atoms with Gasteiger partial charge in [-0.2, -0.15) is 0 Å². The van der Waals surface area contributed by atoms with Crippen LogP contribution in [0.1, 0.15) is 24.2 Å². The van der Waals surface area contributed by atoms with Gasteiger partial charge in [0.25, 0.3) is 21.6 Å². The van der Waals surface area contributed by atoms with E-state index in [1.165, 1.54) is 43.5 Å². The number of rotatable bonds is 10. The van der Waals surface area contributed by atoms with Crippen LogP contribution in [0.3, 0.4) is 0 Å². The molecule has 0 aliphatic rings. The molecule has 0 atom stereocenters. The lowest BCUT2D eigenvalue weighted by atomic mass is 10.2. The highest BCUT2D eigenvalue weighted by molar-refractivity contribution is 7.92. The molecule has 0 spiro atoms. The minimum atomic E-state index is -4.10. The van der Waals surface area contributed by atoms with Crippen molar-refractivity contribution in [3.63, 3.8) is 0 Å². The Morgan fingerprint density at radius 1 is 1.00 bits per heavy atom. The summed E-state index contributed by atoms with van der Waals surface area (Å²) in [6, 6.07) is 16.4. The summed E-state index contributed by atoms with van der Waals surface area (Å²) in [4.78, 5) is 25.1. The number of nitro benzene ring substituents is 1. The van der Waals surface area contributed by atoms with E-state index in [9.17, 15) is 23.3 Å². The largest absolute Gasteiger partial charge is 0.495 e. The van der Waals surface area contributed by atoms with Gasteiger partial charge in [0.1, 0.15) is 5.75 Å². The smallest absolute Gasteiger partial charge is 0.271 e. The molecular weight excluding hydrogens is 472 g/mol. The number of hydrogen-bond acceptors (Lipinski definition) is 7. The van der Waals surface area contributed by atoms with Crippen LogP contribution in [-0.4, -0.2) is 39.4 Å². The minimum Gasteiger partial charge on any atom is -0.495 e. The van der Waals surface area contributed by atoms with Crippen molar-refractivity contribution >= 4 is 38.7 Å². The molecule has 3 aromatic carbocycles. The van der Waals surface area contributed by atoms with Crippen molar-refractivity contribution in [1.82, 2.24) is 0 Å². The lowest BCUT2D eigenvalue weighted by Gasteiger charge is -2.21. The van der Waals surface area contributed by atoms with Gasteiger partial charge < -0.3 is 15.0 Å². The van der Waals surface area contributed by atoms with Crippen LogP contribution in [0.2, 0.25) is 0 Å². The van der Waals surface area contributed by atoms with Gasteiger partial charge in [-0.05, 0) is 68.4 Å². The quantitative estimate of drug-likeness (QED) is 0.311. The Balaban J connectivity index is 1.74. The molecular formula is C24H26N4O6S. The summed E-state index contributed by atoms with van der Waals surface area (Å²) in [5, 5.41) is 13.8. The van der Waals surface area contributed by atoms with Crippen molar-refractivity contribution in [2.24, 2.45) is 0 Å². The fourth-order valence-corrected chi connectivity index (χ4v) is 4.49. The lowest BCUT2D eigenvalue weighted by molar-refractivity contribution is -0.384. The number of carbonyl (C=O) groups is 1. The molecule has 0 bridgehead atoms. The van der Waals surface area contributed by atoms with E-state index in [2.05, 4.69) is 28.8 Å². The molecule has 184 valence electrons. The van der Waals surface area contributed by atoms with Crippen LogP contribution in [0.25, 0.3) is 0 Å². The third-order valence-corrected chi connectivity index (χ3v) is 6.70. The molecule has 3 aromatic rings. The third kappa shape index (κ3) is 6.07. The van der Waals surface area contributed by atoms with E-state index in [0.717, 1.165) is 24.8 Å². The van der Waals surface area contributed by atoms with Crippen molar-refractivity contribution in [1.29, 1.82) is 0 Å². The zero-order valence-electron chi connectivity index (χ0n) is 19.5. The van der Waals surface area contributed by atoms with Crippen LogP contribution in [0.5, 0.6) is 5.75 Å². The lowest BCUT2D eigenvalue weighted by Crippen LogP contribution is -2.21. The summed E-state index contributed by atoms with van der Waals surface area (Å²) in [5.74, 6) is -0.264. The molecule has 0 saturated heterocycles. The third-order valence-electron chi connectivity index (χ3n) is 5.32. The van der Waals surface area contributed by atoms with Crippen LogP contribution < -0.4 is 19.7 Å². The van der Waals surface area contributed by atoms with E-state index >= 15 is 0 Å². The molecule has 3 rings (SSSR count). The van der Waals surface area contributed by atoms with E-state index in [1.54, 1.807) is 12.1 Å². The van der Waals surface area contributed by atoms with Gasteiger partial charge in [-0.15, -0.1) is 0 Å². The van der Waals surface area contributed by atoms with Crippen molar-refractivity contribution in [2.75, 3.05) is 35.1 Å². The van der Waals surface area contributed by atoms with Crippen LogP contribution >= 0.6 is 0 Å². The van der Waals surface area contributed by atoms with E-state index in [0.29, 0.717) is 5.69 Å². The van der Waals surface area contributed by atoms with Crippen LogP contribution in [0, 0.1) is 10.1 Å². The Morgan fingerprint density at radius 2 is 1.63 bits per heavy atom.